The minimum atomic E-state index is -0.504. The van der Waals surface area contributed by atoms with E-state index in [0.717, 1.165) is 29.4 Å². The Hall–Kier alpha value is -2.43. The van der Waals surface area contributed by atoms with Crippen molar-refractivity contribution in [1.82, 2.24) is 0 Å². The SMILES string of the molecule is Cc1cc(C(N)=O)ccc1NCc1cc(F)ccc1F. The van der Waals surface area contributed by atoms with Crippen LogP contribution in [0.25, 0.3) is 0 Å². The fraction of sp³-hybridized carbons (Fsp3) is 0.133. The number of rotatable bonds is 4. The van der Waals surface area contributed by atoms with Crippen molar-refractivity contribution in [2.75, 3.05) is 5.32 Å². The molecule has 0 spiro atoms. The first-order chi connectivity index (χ1) is 9.47. The van der Waals surface area contributed by atoms with E-state index in [4.69, 9.17) is 5.73 Å². The van der Waals surface area contributed by atoms with Crippen LogP contribution in [-0.2, 0) is 6.54 Å². The molecule has 1 amide bonds. The van der Waals surface area contributed by atoms with Crippen molar-refractivity contribution in [3.63, 3.8) is 0 Å². The molecule has 20 heavy (non-hydrogen) atoms. The van der Waals surface area contributed by atoms with Gasteiger partial charge in [0.25, 0.3) is 0 Å². The van der Waals surface area contributed by atoms with Gasteiger partial charge in [0, 0.05) is 23.4 Å². The van der Waals surface area contributed by atoms with Gasteiger partial charge < -0.3 is 11.1 Å². The number of carbonyl (C=O) groups excluding carboxylic acids is 1. The molecular formula is C15H14F2N2O. The van der Waals surface area contributed by atoms with Crippen molar-refractivity contribution in [3.8, 4) is 0 Å². The Bertz CT molecular complexity index is 656. The molecule has 0 aliphatic carbocycles. The van der Waals surface area contributed by atoms with E-state index in [2.05, 4.69) is 5.32 Å². The van der Waals surface area contributed by atoms with E-state index in [1.165, 1.54) is 0 Å². The summed E-state index contributed by atoms with van der Waals surface area (Å²) in [5.74, 6) is -1.45. The summed E-state index contributed by atoms with van der Waals surface area (Å²) in [5, 5.41) is 3.00. The van der Waals surface area contributed by atoms with Gasteiger partial charge in [-0.3, -0.25) is 4.79 Å². The molecule has 0 unspecified atom stereocenters. The topological polar surface area (TPSA) is 55.1 Å². The van der Waals surface area contributed by atoms with Crippen LogP contribution in [0.1, 0.15) is 21.5 Å². The standard InChI is InChI=1S/C15H14F2N2O/c1-9-6-10(15(18)20)2-5-14(9)19-8-11-7-12(16)3-4-13(11)17/h2-7,19H,8H2,1H3,(H2,18,20). The third-order valence-electron chi connectivity index (χ3n) is 2.99. The first-order valence-electron chi connectivity index (χ1n) is 6.05. The summed E-state index contributed by atoms with van der Waals surface area (Å²) in [5.41, 5.74) is 7.37. The number of benzene rings is 2. The average molecular weight is 276 g/mol. The van der Waals surface area contributed by atoms with Crippen molar-refractivity contribution >= 4 is 11.6 Å². The molecule has 104 valence electrons. The molecule has 0 bridgehead atoms. The van der Waals surface area contributed by atoms with Gasteiger partial charge in [0.1, 0.15) is 11.6 Å². The van der Waals surface area contributed by atoms with Gasteiger partial charge in [-0.1, -0.05) is 0 Å². The van der Waals surface area contributed by atoms with Gasteiger partial charge in [0.05, 0.1) is 0 Å². The van der Waals surface area contributed by atoms with Crippen molar-refractivity contribution in [2.24, 2.45) is 5.73 Å². The lowest BCUT2D eigenvalue weighted by Crippen LogP contribution is -2.11. The van der Waals surface area contributed by atoms with Gasteiger partial charge in [-0.15, -0.1) is 0 Å². The number of carbonyl (C=O) groups is 1. The Morgan fingerprint density at radius 3 is 2.60 bits per heavy atom. The average Bonchev–Trinajstić information content (AvgIpc) is 2.40. The molecule has 2 aromatic carbocycles. The fourth-order valence-electron chi connectivity index (χ4n) is 1.88. The van der Waals surface area contributed by atoms with Gasteiger partial charge >= 0.3 is 0 Å². The maximum Gasteiger partial charge on any atom is 0.248 e. The summed E-state index contributed by atoms with van der Waals surface area (Å²) < 4.78 is 26.5. The third kappa shape index (κ3) is 3.12. The predicted octanol–water partition coefficient (Wildman–Crippen LogP) is 2.98. The monoisotopic (exact) mass is 276 g/mol. The Morgan fingerprint density at radius 2 is 1.95 bits per heavy atom. The molecule has 0 heterocycles. The zero-order valence-corrected chi connectivity index (χ0v) is 10.9. The van der Waals surface area contributed by atoms with Crippen molar-refractivity contribution < 1.29 is 13.6 Å². The number of aryl methyl sites for hydroxylation is 1. The van der Waals surface area contributed by atoms with Crippen LogP contribution in [0.3, 0.4) is 0 Å². The summed E-state index contributed by atoms with van der Waals surface area (Å²) in [6.45, 7) is 1.96. The normalized spacial score (nSPS) is 10.3. The maximum atomic E-state index is 13.5. The summed E-state index contributed by atoms with van der Waals surface area (Å²) in [4.78, 5) is 11.0. The quantitative estimate of drug-likeness (QED) is 0.902. The zero-order chi connectivity index (χ0) is 14.7. The highest BCUT2D eigenvalue weighted by atomic mass is 19.1. The molecule has 0 radical (unpaired) electrons. The number of halogens is 2. The molecule has 2 rings (SSSR count). The molecule has 3 N–H and O–H groups in total. The van der Waals surface area contributed by atoms with E-state index in [1.807, 2.05) is 0 Å². The Balaban J connectivity index is 2.15. The molecule has 0 atom stereocenters. The second-order valence-electron chi connectivity index (χ2n) is 4.48. The van der Waals surface area contributed by atoms with E-state index in [9.17, 15) is 13.6 Å². The number of anilines is 1. The Morgan fingerprint density at radius 1 is 1.20 bits per heavy atom. The van der Waals surface area contributed by atoms with Crippen LogP contribution < -0.4 is 11.1 Å². The number of hydrogen-bond acceptors (Lipinski definition) is 2. The highest BCUT2D eigenvalue weighted by Gasteiger charge is 2.06. The molecule has 0 saturated carbocycles. The van der Waals surface area contributed by atoms with Crippen molar-refractivity contribution in [1.29, 1.82) is 0 Å². The molecule has 5 heteroatoms. The van der Waals surface area contributed by atoms with E-state index < -0.39 is 17.5 Å². The van der Waals surface area contributed by atoms with E-state index in [0.29, 0.717) is 5.56 Å². The summed E-state index contributed by atoms with van der Waals surface area (Å²) in [6, 6.07) is 8.23. The van der Waals surface area contributed by atoms with Crippen molar-refractivity contribution in [2.45, 2.75) is 13.5 Å². The van der Waals surface area contributed by atoms with Crippen LogP contribution in [0.15, 0.2) is 36.4 Å². The van der Waals surface area contributed by atoms with Gasteiger partial charge in [-0.25, -0.2) is 8.78 Å². The van der Waals surface area contributed by atoms with Gasteiger partial charge in [0.2, 0.25) is 5.91 Å². The molecule has 0 fully saturated rings. The van der Waals surface area contributed by atoms with Gasteiger partial charge in [-0.05, 0) is 48.9 Å². The predicted molar refractivity (Wildman–Crippen MR) is 73.4 cm³/mol. The number of amides is 1. The van der Waals surface area contributed by atoms with Crippen LogP contribution in [-0.4, -0.2) is 5.91 Å². The van der Waals surface area contributed by atoms with Crippen LogP contribution in [0.5, 0.6) is 0 Å². The molecule has 3 nitrogen and oxygen atoms in total. The summed E-state index contributed by atoms with van der Waals surface area (Å²) >= 11 is 0. The Kier molecular flexibility index (Phi) is 3.98. The zero-order valence-electron chi connectivity index (χ0n) is 10.9. The second kappa shape index (κ2) is 5.69. The molecular weight excluding hydrogens is 262 g/mol. The van der Waals surface area contributed by atoms with Crippen LogP contribution in [0, 0.1) is 18.6 Å². The summed E-state index contributed by atoms with van der Waals surface area (Å²) in [6.07, 6.45) is 0. The molecule has 2 aromatic rings. The van der Waals surface area contributed by atoms with Crippen LogP contribution in [0.4, 0.5) is 14.5 Å². The molecule has 0 aliphatic heterocycles. The third-order valence-corrected chi connectivity index (χ3v) is 2.99. The second-order valence-corrected chi connectivity index (χ2v) is 4.48. The number of hydrogen-bond donors (Lipinski definition) is 2. The lowest BCUT2D eigenvalue weighted by Gasteiger charge is -2.11. The first kappa shape index (κ1) is 14.0. The lowest BCUT2D eigenvalue weighted by atomic mass is 10.1. The number of nitrogens with one attached hydrogen (secondary N) is 1. The smallest absolute Gasteiger partial charge is 0.248 e. The van der Waals surface area contributed by atoms with Gasteiger partial charge in [-0.2, -0.15) is 0 Å². The largest absolute Gasteiger partial charge is 0.381 e. The first-order valence-corrected chi connectivity index (χ1v) is 6.05. The molecule has 0 aromatic heterocycles. The van der Waals surface area contributed by atoms with Crippen molar-refractivity contribution in [3.05, 3.63) is 64.7 Å². The van der Waals surface area contributed by atoms with E-state index in [-0.39, 0.29) is 12.1 Å². The number of nitrogens with two attached hydrogens (primary N) is 1. The minimum absolute atomic E-state index is 0.153. The Labute approximate surface area is 115 Å². The highest BCUT2D eigenvalue weighted by Crippen LogP contribution is 2.18. The maximum absolute atomic E-state index is 13.5. The van der Waals surface area contributed by atoms with Gasteiger partial charge in [0.15, 0.2) is 0 Å². The van der Waals surface area contributed by atoms with E-state index in [1.54, 1.807) is 25.1 Å². The lowest BCUT2D eigenvalue weighted by molar-refractivity contribution is 0.1000. The number of primary amides is 1. The summed E-state index contributed by atoms with van der Waals surface area (Å²) in [7, 11) is 0. The van der Waals surface area contributed by atoms with Crippen LogP contribution >= 0.6 is 0 Å². The fourth-order valence-corrected chi connectivity index (χ4v) is 1.88. The molecule has 0 aliphatic rings. The van der Waals surface area contributed by atoms with Crippen LogP contribution in [0.2, 0.25) is 0 Å². The molecule has 0 saturated heterocycles. The minimum Gasteiger partial charge on any atom is -0.381 e. The highest BCUT2D eigenvalue weighted by molar-refractivity contribution is 5.93. The van der Waals surface area contributed by atoms with E-state index >= 15 is 0 Å².